The highest BCUT2D eigenvalue weighted by Gasteiger charge is 2.11. The first-order valence-corrected chi connectivity index (χ1v) is 6.48. The Bertz CT molecular complexity index is 651. The molecule has 0 aliphatic carbocycles. The second kappa shape index (κ2) is 6.22. The highest BCUT2D eigenvalue weighted by atomic mass is 16.5. The monoisotopic (exact) mass is 284 g/mol. The number of carbonyl (C=O) groups is 2. The molecule has 0 N–H and O–H groups in total. The van der Waals surface area contributed by atoms with Crippen molar-refractivity contribution in [2.45, 2.75) is 13.8 Å². The van der Waals surface area contributed by atoms with Crippen LogP contribution in [0.5, 0.6) is 5.75 Å². The van der Waals surface area contributed by atoms with E-state index in [0.29, 0.717) is 16.9 Å². The molecule has 21 heavy (non-hydrogen) atoms. The molecule has 0 radical (unpaired) electrons. The van der Waals surface area contributed by atoms with Gasteiger partial charge in [-0.25, -0.2) is 9.59 Å². The predicted molar refractivity (Wildman–Crippen MR) is 78.7 cm³/mol. The van der Waals surface area contributed by atoms with E-state index < -0.39 is 11.9 Å². The molecule has 0 saturated heterocycles. The van der Waals surface area contributed by atoms with Crippen LogP contribution in [-0.2, 0) is 4.74 Å². The van der Waals surface area contributed by atoms with Crippen molar-refractivity contribution in [3.8, 4) is 5.75 Å². The minimum absolute atomic E-state index is 0.381. The molecule has 0 aliphatic rings. The Hall–Kier alpha value is -2.62. The van der Waals surface area contributed by atoms with Crippen LogP contribution in [0.1, 0.15) is 31.8 Å². The Kier molecular flexibility index (Phi) is 4.38. The van der Waals surface area contributed by atoms with Crippen LogP contribution in [0.25, 0.3) is 0 Å². The van der Waals surface area contributed by atoms with Gasteiger partial charge in [0.15, 0.2) is 0 Å². The lowest BCUT2D eigenvalue weighted by atomic mass is 10.1. The van der Waals surface area contributed by atoms with Crippen LogP contribution in [0.2, 0.25) is 0 Å². The van der Waals surface area contributed by atoms with Crippen LogP contribution in [0, 0.1) is 13.8 Å². The largest absolute Gasteiger partial charge is 0.465 e. The van der Waals surface area contributed by atoms with Gasteiger partial charge in [-0.15, -0.1) is 0 Å². The van der Waals surface area contributed by atoms with E-state index in [2.05, 4.69) is 4.74 Å². The van der Waals surface area contributed by atoms with Gasteiger partial charge in [-0.1, -0.05) is 17.2 Å². The molecule has 0 atom stereocenters. The standard InChI is InChI=1S/C17H16O4/c1-11-8-12(2)10-14(9-11)17(19)21-15-6-4-13(5-7-15)16(18)20-3/h4-10H,1-3H3. The number of ether oxygens (including phenoxy) is 2. The number of benzene rings is 2. The number of hydrogen-bond donors (Lipinski definition) is 0. The number of carbonyl (C=O) groups excluding carboxylic acids is 2. The minimum Gasteiger partial charge on any atom is -0.465 e. The molecule has 0 amide bonds. The molecule has 0 bridgehead atoms. The van der Waals surface area contributed by atoms with Gasteiger partial charge in [0.1, 0.15) is 5.75 Å². The van der Waals surface area contributed by atoms with Gasteiger partial charge in [0, 0.05) is 0 Å². The van der Waals surface area contributed by atoms with Crippen molar-refractivity contribution in [3.63, 3.8) is 0 Å². The molecular weight excluding hydrogens is 268 g/mol. The molecule has 0 spiro atoms. The topological polar surface area (TPSA) is 52.6 Å². The van der Waals surface area contributed by atoms with Crippen LogP contribution in [0.4, 0.5) is 0 Å². The summed E-state index contributed by atoms with van der Waals surface area (Å²) in [7, 11) is 1.32. The van der Waals surface area contributed by atoms with Gasteiger partial charge >= 0.3 is 11.9 Å². The SMILES string of the molecule is COC(=O)c1ccc(OC(=O)c2cc(C)cc(C)c2)cc1. The summed E-state index contributed by atoms with van der Waals surface area (Å²) in [5.41, 5.74) is 2.92. The Morgan fingerprint density at radius 1 is 0.810 bits per heavy atom. The van der Waals surface area contributed by atoms with Gasteiger partial charge in [0.2, 0.25) is 0 Å². The van der Waals surface area contributed by atoms with Gasteiger partial charge in [-0.05, 0) is 50.2 Å². The summed E-state index contributed by atoms with van der Waals surface area (Å²) in [6, 6.07) is 11.8. The van der Waals surface area contributed by atoms with Crippen LogP contribution < -0.4 is 4.74 Å². The summed E-state index contributed by atoms with van der Waals surface area (Å²) < 4.78 is 9.89. The van der Waals surface area contributed by atoms with Crippen molar-refractivity contribution in [2.75, 3.05) is 7.11 Å². The molecule has 0 fully saturated rings. The van der Waals surface area contributed by atoms with E-state index in [9.17, 15) is 9.59 Å². The summed E-state index contributed by atoms with van der Waals surface area (Å²) in [5, 5.41) is 0. The fraction of sp³-hybridized carbons (Fsp3) is 0.176. The average Bonchev–Trinajstić information content (AvgIpc) is 2.46. The third kappa shape index (κ3) is 3.69. The van der Waals surface area contributed by atoms with E-state index in [1.165, 1.54) is 7.11 Å². The van der Waals surface area contributed by atoms with Crippen molar-refractivity contribution in [2.24, 2.45) is 0 Å². The summed E-state index contributed by atoms with van der Waals surface area (Å²) >= 11 is 0. The van der Waals surface area contributed by atoms with Crippen LogP contribution >= 0.6 is 0 Å². The normalized spacial score (nSPS) is 10.0. The highest BCUT2D eigenvalue weighted by Crippen LogP contribution is 2.16. The Morgan fingerprint density at radius 2 is 1.38 bits per heavy atom. The van der Waals surface area contributed by atoms with E-state index >= 15 is 0 Å². The van der Waals surface area contributed by atoms with Gasteiger partial charge in [0.25, 0.3) is 0 Å². The van der Waals surface area contributed by atoms with Crippen LogP contribution in [0.3, 0.4) is 0 Å². The van der Waals surface area contributed by atoms with Crippen molar-refractivity contribution >= 4 is 11.9 Å². The second-order valence-electron chi connectivity index (χ2n) is 4.78. The lowest BCUT2D eigenvalue weighted by Crippen LogP contribution is -2.09. The zero-order valence-corrected chi connectivity index (χ0v) is 12.2. The number of aryl methyl sites for hydroxylation is 2. The zero-order valence-electron chi connectivity index (χ0n) is 12.2. The maximum Gasteiger partial charge on any atom is 0.343 e. The Labute approximate surface area is 123 Å². The zero-order chi connectivity index (χ0) is 15.4. The lowest BCUT2D eigenvalue weighted by molar-refractivity contribution is 0.0600. The molecule has 2 aromatic carbocycles. The highest BCUT2D eigenvalue weighted by molar-refractivity contribution is 5.92. The molecule has 0 saturated carbocycles. The fourth-order valence-electron chi connectivity index (χ4n) is 2.04. The molecule has 0 aliphatic heterocycles. The maximum atomic E-state index is 12.1. The molecule has 0 heterocycles. The maximum absolute atomic E-state index is 12.1. The van der Waals surface area contributed by atoms with E-state index in [0.717, 1.165) is 11.1 Å². The summed E-state index contributed by atoms with van der Waals surface area (Å²) in [6.07, 6.45) is 0. The van der Waals surface area contributed by atoms with Crippen LogP contribution in [0.15, 0.2) is 42.5 Å². The van der Waals surface area contributed by atoms with Crippen molar-refractivity contribution in [1.29, 1.82) is 0 Å². The first-order chi connectivity index (χ1) is 9.99. The van der Waals surface area contributed by atoms with Crippen LogP contribution in [-0.4, -0.2) is 19.0 Å². The van der Waals surface area contributed by atoms with E-state index in [-0.39, 0.29) is 0 Å². The molecule has 108 valence electrons. The minimum atomic E-state index is -0.429. The van der Waals surface area contributed by atoms with E-state index in [1.54, 1.807) is 36.4 Å². The quantitative estimate of drug-likeness (QED) is 0.641. The van der Waals surface area contributed by atoms with Gasteiger partial charge < -0.3 is 9.47 Å². The summed E-state index contributed by atoms with van der Waals surface area (Å²) in [6.45, 7) is 3.85. The Morgan fingerprint density at radius 3 is 1.90 bits per heavy atom. The van der Waals surface area contributed by atoms with Gasteiger partial charge in [-0.3, -0.25) is 0 Å². The van der Waals surface area contributed by atoms with Gasteiger partial charge in [0.05, 0.1) is 18.2 Å². The molecule has 2 rings (SSSR count). The number of methoxy groups -OCH3 is 1. The number of esters is 2. The second-order valence-corrected chi connectivity index (χ2v) is 4.78. The third-order valence-electron chi connectivity index (χ3n) is 2.94. The fourth-order valence-corrected chi connectivity index (χ4v) is 2.04. The number of hydrogen-bond acceptors (Lipinski definition) is 4. The molecule has 4 heteroatoms. The Balaban J connectivity index is 2.14. The summed E-state index contributed by atoms with van der Waals surface area (Å²) in [4.78, 5) is 23.4. The predicted octanol–water partition coefficient (Wildman–Crippen LogP) is 3.31. The smallest absolute Gasteiger partial charge is 0.343 e. The molecule has 4 nitrogen and oxygen atoms in total. The molecule has 0 aromatic heterocycles. The summed E-state index contributed by atoms with van der Waals surface area (Å²) in [5.74, 6) is -0.471. The number of rotatable bonds is 3. The van der Waals surface area contributed by atoms with E-state index in [4.69, 9.17) is 4.74 Å². The third-order valence-corrected chi connectivity index (χ3v) is 2.94. The molecule has 0 unspecified atom stereocenters. The van der Waals surface area contributed by atoms with Crippen molar-refractivity contribution in [3.05, 3.63) is 64.7 Å². The molecule has 2 aromatic rings. The average molecular weight is 284 g/mol. The molecular formula is C17H16O4. The van der Waals surface area contributed by atoms with E-state index in [1.807, 2.05) is 19.9 Å². The first kappa shape index (κ1) is 14.8. The van der Waals surface area contributed by atoms with Crippen molar-refractivity contribution in [1.82, 2.24) is 0 Å². The first-order valence-electron chi connectivity index (χ1n) is 6.48. The van der Waals surface area contributed by atoms with Gasteiger partial charge in [-0.2, -0.15) is 0 Å². The lowest BCUT2D eigenvalue weighted by Gasteiger charge is -2.07. The van der Waals surface area contributed by atoms with Crippen molar-refractivity contribution < 1.29 is 19.1 Å².